The first-order chi connectivity index (χ1) is 6.84. The maximum atomic E-state index is 6.11. The van der Waals surface area contributed by atoms with Crippen molar-refractivity contribution in [2.75, 3.05) is 5.75 Å². The fraction of sp³-hybridized carbons (Fsp3) is 1.00. The Bertz CT molecular complexity index is 162. The quantitative estimate of drug-likeness (QED) is 0.733. The highest BCUT2D eigenvalue weighted by atomic mass is 32.2. The molecule has 0 aliphatic heterocycles. The molecule has 0 bridgehead atoms. The minimum absolute atomic E-state index is 0.473. The highest BCUT2D eigenvalue weighted by molar-refractivity contribution is 7.99. The first kappa shape index (κ1) is 10.8. The van der Waals surface area contributed by atoms with Crippen molar-refractivity contribution < 1.29 is 0 Å². The van der Waals surface area contributed by atoms with Gasteiger partial charge in [0.15, 0.2) is 0 Å². The summed E-state index contributed by atoms with van der Waals surface area (Å²) in [6.45, 7) is 0. The zero-order valence-corrected chi connectivity index (χ0v) is 9.90. The second-order valence-electron chi connectivity index (χ2n) is 5.02. The van der Waals surface area contributed by atoms with Gasteiger partial charge < -0.3 is 5.73 Å². The Balaban J connectivity index is 1.50. The molecule has 0 heterocycles. The van der Waals surface area contributed by atoms with Crippen molar-refractivity contribution in [2.24, 2.45) is 11.7 Å². The van der Waals surface area contributed by atoms with E-state index in [1.54, 1.807) is 0 Å². The van der Waals surface area contributed by atoms with Crippen molar-refractivity contribution in [3.8, 4) is 0 Å². The van der Waals surface area contributed by atoms with Gasteiger partial charge in [-0.25, -0.2) is 0 Å². The first-order valence-electron chi connectivity index (χ1n) is 6.22. The van der Waals surface area contributed by atoms with Crippen LogP contribution >= 0.6 is 11.8 Å². The van der Waals surface area contributed by atoms with Gasteiger partial charge in [0.1, 0.15) is 0 Å². The van der Waals surface area contributed by atoms with E-state index in [0.717, 1.165) is 11.2 Å². The molecule has 82 valence electrons. The number of thioether (sulfide) groups is 1. The van der Waals surface area contributed by atoms with E-state index >= 15 is 0 Å². The molecule has 2 heteroatoms. The van der Waals surface area contributed by atoms with Gasteiger partial charge >= 0.3 is 0 Å². The number of rotatable bonds is 6. The highest BCUT2D eigenvalue weighted by Gasteiger charge is 2.22. The van der Waals surface area contributed by atoms with E-state index in [0.29, 0.717) is 6.04 Å². The molecule has 2 saturated carbocycles. The Labute approximate surface area is 92.2 Å². The first-order valence-corrected chi connectivity index (χ1v) is 7.26. The smallest absolute Gasteiger partial charge is 0.0130 e. The van der Waals surface area contributed by atoms with Crippen LogP contribution in [0.2, 0.25) is 0 Å². The Hall–Kier alpha value is 0.310. The van der Waals surface area contributed by atoms with E-state index in [2.05, 4.69) is 11.8 Å². The molecule has 2 fully saturated rings. The van der Waals surface area contributed by atoms with Gasteiger partial charge in [-0.05, 0) is 31.6 Å². The minimum Gasteiger partial charge on any atom is -0.327 e. The van der Waals surface area contributed by atoms with Crippen LogP contribution in [-0.2, 0) is 0 Å². The summed E-state index contributed by atoms with van der Waals surface area (Å²) in [7, 11) is 0. The average molecular weight is 213 g/mol. The Morgan fingerprint density at radius 2 is 1.86 bits per heavy atom. The van der Waals surface area contributed by atoms with Crippen LogP contribution in [-0.4, -0.2) is 17.0 Å². The summed E-state index contributed by atoms with van der Waals surface area (Å²) in [5.74, 6) is 2.26. The van der Waals surface area contributed by atoms with E-state index < -0.39 is 0 Å². The summed E-state index contributed by atoms with van der Waals surface area (Å²) in [6, 6.07) is 0.473. The average Bonchev–Trinajstić information content (AvgIpc) is 2.87. The van der Waals surface area contributed by atoms with Crippen LogP contribution < -0.4 is 5.73 Å². The van der Waals surface area contributed by atoms with Crippen molar-refractivity contribution in [3.05, 3.63) is 0 Å². The Kier molecular flexibility index (Phi) is 4.18. The molecule has 0 amide bonds. The molecule has 1 atom stereocenters. The zero-order chi connectivity index (χ0) is 9.80. The van der Waals surface area contributed by atoms with Gasteiger partial charge in [0.05, 0.1) is 0 Å². The number of hydrogen-bond acceptors (Lipinski definition) is 2. The van der Waals surface area contributed by atoms with Crippen molar-refractivity contribution in [3.63, 3.8) is 0 Å². The van der Waals surface area contributed by atoms with Gasteiger partial charge in [-0.1, -0.05) is 25.7 Å². The van der Waals surface area contributed by atoms with Crippen LogP contribution in [0.15, 0.2) is 0 Å². The largest absolute Gasteiger partial charge is 0.327 e. The third-order valence-corrected chi connectivity index (χ3v) is 5.05. The van der Waals surface area contributed by atoms with Crippen LogP contribution in [0.25, 0.3) is 0 Å². The van der Waals surface area contributed by atoms with E-state index in [9.17, 15) is 0 Å². The van der Waals surface area contributed by atoms with Crippen molar-refractivity contribution in [2.45, 2.75) is 62.7 Å². The second kappa shape index (κ2) is 5.41. The molecule has 0 aromatic rings. The van der Waals surface area contributed by atoms with E-state index in [-0.39, 0.29) is 0 Å². The fourth-order valence-corrected chi connectivity index (χ4v) is 3.61. The van der Waals surface area contributed by atoms with Crippen molar-refractivity contribution >= 4 is 11.8 Å². The molecule has 0 spiro atoms. The van der Waals surface area contributed by atoms with Gasteiger partial charge in [-0.15, -0.1) is 0 Å². The molecule has 14 heavy (non-hydrogen) atoms. The van der Waals surface area contributed by atoms with E-state index in [1.807, 2.05) is 0 Å². The van der Waals surface area contributed by atoms with Gasteiger partial charge in [0.2, 0.25) is 0 Å². The van der Waals surface area contributed by atoms with E-state index in [4.69, 9.17) is 5.73 Å². The normalized spacial score (nSPS) is 25.5. The lowest BCUT2D eigenvalue weighted by molar-refractivity contribution is 0.591. The van der Waals surface area contributed by atoms with Crippen LogP contribution in [0.1, 0.15) is 51.4 Å². The van der Waals surface area contributed by atoms with Gasteiger partial charge in [0, 0.05) is 17.0 Å². The topological polar surface area (TPSA) is 26.0 Å². The molecule has 1 unspecified atom stereocenters. The Morgan fingerprint density at radius 3 is 2.50 bits per heavy atom. The van der Waals surface area contributed by atoms with E-state index in [1.165, 1.54) is 57.1 Å². The zero-order valence-electron chi connectivity index (χ0n) is 9.08. The summed E-state index contributed by atoms with van der Waals surface area (Å²) in [5.41, 5.74) is 6.11. The molecular weight excluding hydrogens is 190 g/mol. The second-order valence-corrected chi connectivity index (χ2v) is 6.35. The molecule has 2 aliphatic carbocycles. The summed E-state index contributed by atoms with van der Waals surface area (Å²) < 4.78 is 0. The maximum Gasteiger partial charge on any atom is 0.0130 e. The molecule has 0 saturated heterocycles. The third kappa shape index (κ3) is 3.82. The molecule has 2 rings (SSSR count). The summed E-state index contributed by atoms with van der Waals surface area (Å²) in [5, 5.41) is 0.946. The summed E-state index contributed by atoms with van der Waals surface area (Å²) >= 11 is 2.14. The van der Waals surface area contributed by atoms with Crippen molar-refractivity contribution in [1.82, 2.24) is 0 Å². The number of nitrogens with two attached hydrogens (primary N) is 1. The van der Waals surface area contributed by atoms with Crippen molar-refractivity contribution in [1.29, 1.82) is 0 Å². The molecule has 2 aliphatic rings. The van der Waals surface area contributed by atoms with Crippen LogP contribution in [0.5, 0.6) is 0 Å². The van der Waals surface area contributed by atoms with Crippen LogP contribution in [0.3, 0.4) is 0 Å². The molecular formula is C12H23NS. The van der Waals surface area contributed by atoms with Crippen LogP contribution in [0.4, 0.5) is 0 Å². The molecule has 1 nitrogen and oxygen atoms in total. The molecule has 0 aromatic heterocycles. The lowest BCUT2D eigenvalue weighted by atomic mass is 10.1. The lowest BCUT2D eigenvalue weighted by Crippen LogP contribution is -2.23. The maximum absolute atomic E-state index is 6.11. The van der Waals surface area contributed by atoms with Crippen LogP contribution in [0, 0.1) is 5.92 Å². The standard InChI is InChI=1S/C12H23NS/c13-11(8-7-10-5-6-10)9-14-12-3-1-2-4-12/h10-12H,1-9,13H2. The lowest BCUT2D eigenvalue weighted by Gasteiger charge is -2.14. The Morgan fingerprint density at radius 1 is 1.14 bits per heavy atom. The third-order valence-electron chi connectivity index (χ3n) is 3.49. The fourth-order valence-electron chi connectivity index (χ4n) is 2.25. The van der Waals surface area contributed by atoms with Gasteiger partial charge in [-0.2, -0.15) is 11.8 Å². The summed E-state index contributed by atoms with van der Waals surface area (Å²) in [6.07, 6.45) is 11.4. The van der Waals surface area contributed by atoms with Gasteiger partial charge in [0.25, 0.3) is 0 Å². The molecule has 0 radical (unpaired) electrons. The highest BCUT2D eigenvalue weighted by Crippen LogP contribution is 2.34. The predicted molar refractivity (Wildman–Crippen MR) is 64.6 cm³/mol. The minimum atomic E-state index is 0.473. The SMILES string of the molecule is NC(CCC1CC1)CSC1CCCC1. The summed E-state index contributed by atoms with van der Waals surface area (Å²) in [4.78, 5) is 0. The molecule has 2 N–H and O–H groups in total. The molecule has 0 aromatic carbocycles. The predicted octanol–water partition coefficient (Wildman–Crippen LogP) is 3.18. The monoisotopic (exact) mass is 213 g/mol. The van der Waals surface area contributed by atoms with Gasteiger partial charge in [-0.3, -0.25) is 0 Å². The number of hydrogen-bond donors (Lipinski definition) is 1.